The molecule has 0 N–H and O–H groups in total. The summed E-state index contributed by atoms with van der Waals surface area (Å²) in [6.07, 6.45) is 1.73. The van der Waals surface area contributed by atoms with Gasteiger partial charge in [0, 0.05) is 36.4 Å². The summed E-state index contributed by atoms with van der Waals surface area (Å²) >= 11 is 1.53. The molecule has 3 aromatic rings. The maximum absolute atomic E-state index is 11.7. The number of aromatic nitrogens is 1. The molecular formula is C17H13NO4S. The molecule has 0 aliphatic rings. The molecule has 0 saturated heterocycles. The fraction of sp³-hybridized carbons (Fsp3) is 0.118. The summed E-state index contributed by atoms with van der Waals surface area (Å²) in [5.74, 6) is 0.516. The highest BCUT2D eigenvalue weighted by Gasteiger charge is 2.09. The Labute approximate surface area is 136 Å². The fourth-order valence-corrected chi connectivity index (χ4v) is 3.00. The summed E-state index contributed by atoms with van der Waals surface area (Å²) in [6.45, 7) is 1.32. The van der Waals surface area contributed by atoms with Crippen LogP contribution in [0.25, 0.3) is 11.0 Å². The van der Waals surface area contributed by atoms with E-state index in [1.54, 1.807) is 24.4 Å². The zero-order valence-electron chi connectivity index (χ0n) is 12.3. The molecule has 116 valence electrons. The minimum Gasteiger partial charge on any atom is -0.427 e. The van der Waals surface area contributed by atoms with Crippen LogP contribution in [0.5, 0.6) is 5.75 Å². The predicted octanol–water partition coefficient (Wildman–Crippen LogP) is 3.41. The van der Waals surface area contributed by atoms with Crippen molar-refractivity contribution < 1.29 is 13.9 Å². The standard InChI is InChI=1S/C17H13NO4S/c1-11(19)21-13-5-6-14-12(8-17(20)22-15(14)9-13)10-23-16-4-2-3-7-18-16/h2-9H,10H2,1H3. The van der Waals surface area contributed by atoms with E-state index >= 15 is 0 Å². The number of hydrogen-bond donors (Lipinski definition) is 0. The summed E-state index contributed by atoms with van der Waals surface area (Å²) < 4.78 is 10.2. The van der Waals surface area contributed by atoms with Crippen molar-refractivity contribution >= 4 is 28.7 Å². The average Bonchev–Trinajstić information content (AvgIpc) is 2.52. The second-order valence-corrected chi connectivity index (χ2v) is 5.79. The van der Waals surface area contributed by atoms with E-state index in [-0.39, 0.29) is 0 Å². The van der Waals surface area contributed by atoms with Crippen molar-refractivity contribution in [3.63, 3.8) is 0 Å². The van der Waals surface area contributed by atoms with Crippen molar-refractivity contribution in [2.24, 2.45) is 0 Å². The molecule has 0 spiro atoms. The van der Waals surface area contributed by atoms with Gasteiger partial charge in [-0.25, -0.2) is 9.78 Å². The predicted molar refractivity (Wildman–Crippen MR) is 87.6 cm³/mol. The molecule has 0 radical (unpaired) electrons. The van der Waals surface area contributed by atoms with Gasteiger partial charge in [0.1, 0.15) is 11.3 Å². The van der Waals surface area contributed by atoms with E-state index in [1.807, 2.05) is 18.2 Å². The maximum atomic E-state index is 11.7. The van der Waals surface area contributed by atoms with Crippen LogP contribution in [0, 0.1) is 0 Å². The highest BCUT2D eigenvalue weighted by molar-refractivity contribution is 7.98. The number of carbonyl (C=O) groups is 1. The zero-order valence-corrected chi connectivity index (χ0v) is 13.1. The highest BCUT2D eigenvalue weighted by atomic mass is 32.2. The molecule has 0 atom stereocenters. The number of hydrogen-bond acceptors (Lipinski definition) is 6. The number of ether oxygens (including phenoxy) is 1. The van der Waals surface area contributed by atoms with E-state index in [1.165, 1.54) is 24.8 Å². The van der Waals surface area contributed by atoms with Gasteiger partial charge in [0.15, 0.2) is 0 Å². The number of carbonyl (C=O) groups excluding carboxylic acids is 1. The summed E-state index contributed by atoms with van der Waals surface area (Å²) in [4.78, 5) is 27.0. The van der Waals surface area contributed by atoms with E-state index in [0.29, 0.717) is 17.1 Å². The Hall–Kier alpha value is -2.60. The van der Waals surface area contributed by atoms with Crippen LogP contribution in [0.2, 0.25) is 0 Å². The number of rotatable bonds is 4. The molecule has 0 amide bonds. The minimum atomic E-state index is -0.436. The number of fused-ring (bicyclic) bond motifs is 1. The van der Waals surface area contributed by atoms with Crippen molar-refractivity contribution in [3.05, 3.63) is 64.6 Å². The molecule has 0 fully saturated rings. The van der Waals surface area contributed by atoms with Crippen molar-refractivity contribution in [1.29, 1.82) is 0 Å². The largest absolute Gasteiger partial charge is 0.427 e. The summed E-state index contributed by atoms with van der Waals surface area (Å²) in [5, 5.41) is 1.69. The van der Waals surface area contributed by atoms with E-state index < -0.39 is 11.6 Å². The Morgan fingerprint density at radius 1 is 1.26 bits per heavy atom. The quantitative estimate of drug-likeness (QED) is 0.316. The fourth-order valence-electron chi connectivity index (χ4n) is 2.14. The Morgan fingerprint density at radius 3 is 2.87 bits per heavy atom. The summed E-state index contributed by atoms with van der Waals surface area (Å²) in [6, 6.07) is 12.2. The van der Waals surface area contributed by atoms with E-state index in [2.05, 4.69) is 4.98 Å². The van der Waals surface area contributed by atoms with Gasteiger partial charge in [-0.15, -0.1) is 11.8 Å². The summed E-state index contributed by atoms with van der Waals surface area (Å²) in [7, 11) is 0. The first-order chi connectivity index (χ1) is 11.1. The van der Waals surface area contributed by atoms with Gasteiger partial charge in [-0.05, 0) is 29.8 Å². The Bertz CT molecular complexity index is 905. The molecule has 0 bridgehead atoms. The van der Waals surface area contributed by atoms with Gasteiger partial charge in [0.25, 0.3) is 0 Å². The number of benzene rings is 1. The zero-order chi connectivity index (χ0) is 16.2. The number of pyridine rings is 1. The molecule has 6 heteroatoms. The lowest BCUT2D eigenvalue weighted by Gasteiger charge is -2.07. The monoisotopic (exact) mass is 327 g/mol. The highest BCUT2D eigenvalue weighted by Crippen LogP contribution is 2.27. The van der Waals surface area contributed by atoms with Crippen molar-refractivity contribution in [2.75, 3.05) is 0 Å². The van der Waals surface area contributed by atoms with Crippen molar-refractivity contribution in [3.8, 4) is 5.75 Å². The minimum absolute atomic E-state index is 0.350. The van der Waals surface area contributed by atoms with Gasteiger partial charge in [-0.3, -0.25) is 4.79 Å². The molecule has 0 aliphatic heterocycles. The van der Waals surface area contributed by atoms with E-state index in [9.17, 15) is 9.59 Å². The lowest BCUT2D eigenvalue weighted by Crippen LogP contribution is -2.03. The van der Waals surface area contributed by atoms with Crippen LogP contribution in [-0.4, -0.2) is 11.0 Å². The molecular weight excluding hydrogens is 314 g/mol. The molecule has 0 saturated carbocycles. The van der Waals surface area contributed by atoms with Gasteiger partial charge in [-0.2, -0.15) is 0 Å². The summed E-state index contributed by atoms with van der Waals surface area (Å²) in [5.41, 5.74) is 0.809. The lowest BCUT2D eigenvalue weighted by atomic mass is 10.1. The average molecular weight is 327 g/mol. The van der Waals surface area contributed by atoms with Crippen LogP contribution in [0.3, 0.4) is 0 Å². The third-order valence-corrected chi connectivity index (χ3v) is 4.07. The Balaban J connectivity index is 1.93. The van der Waals surface area contributed by atoms with Gasteiger partial charge in [0.2, 0.25) is 0 Å². The van der Waals surface area contributed by atoms with Crippen LogP contribution in [0.4, 0.5) is 0 Å². The maximum Gasteiger partial charge on any atom is 0.336 e. The van der Waals surface area contributed by atoms with Crippen molar-refractivity contribution in [1.82, 2.24) is 4.98 Å². The number of nitrogens with zero attached hydrogens (tertiary/aromatic N) is 1. The topological polar surface area (TPSA) is 69.4 Å². The third-order valence-electron chi connectivity index (χ3n) is 3.08. The molecule has 2 aromatic heterocycles. The molecule has 0 aliphatic carbocycles. The number of thioether (sulfide) groups is 1. The first kappa shape index (κ1) is 15.3. The molecule has 0 unspecified atom stereocenters. The number of esters is 1. The molecule has 1 aromatic carbocycles. The second-order valence-electron chi connectivity index (χ2n) is 4.80. The molecule has 2 heterocycles. The van der Waals surface area contributed by atoms with E-state index in [4.69, 9.17) is 9.15 Å². The van der Waals surface area contributed by atoms with Crippen LogP contribution in [0.15, 0.2) is 62.9 Å². The van der Waals surface area contributed by atoms with Crippen LogP contribution >= 0.6 is 11.8 Å². The first-order valence-electron chi connectivity index (χ1n) is 6.91. The van der Waals surface area contributed by atoms with Gasteiger partial charge < -0.3 is 9.15 Å². The van der Waals surface area contributed by atoms with Crippen LogP contribution in [0.1, 0.15) is 12.5 Å². The molecule has 3 rings (SSSR count). The lowest BCUT2D eigenvalue weighted by molar-refractivity contribution is -0.131. The molecule has 5 nitrogen and oxygen atoms in total. The van der Waals surface area contributed by atoms with Crippen molar-refractivity contribution in [2.45, 2.75) is 17.7 Å². The Kier molecular flexibility index (Phi) is 4.43. The van der Waals surface area contributed by atoms with Crippen LogP contribution < -0.4 is 10.4 Å². The smallest absolute Gasteiger partial charge is 0.336 e. The normalized spacial score (nSPS) is 10.7. The van der Waals surface area contributed by atoms with Gasteiger partial charge >= 0.3 is 11.6 Å². The SMILES string of the molecule is CC(=O)Oc1ccc2c(CSc3ccccn3)cc(=O)oc2c1. The van der Waals surface area contributed by atoms with Gasteiger partial charge in [-0.1, -0.05) is 6.07 Å². The molecule has 23 heavy (non-hydrogen) atoms. The third kappa shape index (κ3) is 3.78. The van der Waals surface area contributed by atoms with Gasteiger partial charge in [0.05, 0.1) is 5.03 Å². The van der Waals surface area contributed by atoms with Crippen LogP contribution in [-0.2, 0) is 10.5 Å². The Morgan fingerprint density at radius 2 is 2.13 bits per heavy atom. The van der Waals surface area contributed by atoms with E-state index in [0.717, 1.165) is 16.0 Å². The second kappa shape index (κ2) is 6.66. The first-order valence-corrected chi connectivity index (χ1v) is 7.89.